The lowest BCUT2D eigenvalue weighted by atomic mass is 9.99. The second-order valence-electron chi connectivity index (χ2n) is 10.4. The van der Waals surface area contributed by atoms with Crippen molar-refractivity contribution in [3.05, 3.63) is 115 Å². The molecule has 5 aromatic heterocycles. The van der Waals surface area contributed by atoms with Crippen LogP contribution in [0.5, 0.6) is 0 Å². The first kappa shape index (κ1) is 37.9. The molecule has 0 bridgehead atoms. The molecule has 0 N–H and O–H groups in total. The molecule has 0 unspecified atom stereocenters. The normalized spacial score (nSPS) is 9.98. The molecule has 6 aromatic rings. The number of rotatable bonds is 3. The Hall–Kier alpha value is -4.12. The van der Waals surface area contributed by atoms with E-state index in [0.29, 0.717) is 17.8 Å². The van der Waals surface area contributed by atoms with Crippen LogP contribution in [0.1, 0.15) is 118 Å². The molecule has 1 aromatic carbocycles. The Labute approximate surface area is 266 Å². The summed E-state index contributed by atoms with van der Waals surface area (Å²) in [6, 6.07) is 16.6. The molecule has 0 spiro atoms. The first-order valence-electron chi connectivity index (χ1n) is 16.3. The fourth-order valence-electron chi connectivity index (χ4n) is 4.52. The van der Waals surface area contributed by atoms with Crippen LogP contribution in [0.15, 0.2) is 98.2 Å². The first-order valence-corrected chi connectivity index (χ1v) is 16.3. The summed E-state index contributed by atoms with van der Waals surface area (Å²) < 4.78 is 2.05. The lowest BCUT2D eigenvalue weighted by Gasteiger charge is -2.08. The third-order valence-corrected chi connectivity index (χ3v) is 6.60. The molecule has 6 rings (SSSR count). The largest absolute Gasteiger partial charge is 0.308 e. The van der Waals surface area contributed by atoms with Gasteiger partial charge < -0.3 is 4.40 Å². The van der Waals surface area contributed by atoms with Crippen molar-refractivity contribution >= 4 is 27.2 Å². The number of benzene rings is 1. The van der Waals surface area contributed by atoms with Gasteiger partial charge in [-0.05, 0) is 58.0 Å². The van der Waals surface area contributed by atoms with Gasteiger partial charge in [0, 0.05) is 48.0 Å². The molecule has 236 valence electrons. The van der Waals surface area contributed by atoms with Gasteiger partial charge in [-0.1, -0.05) is 113 Å². The van der Waals surface area contributed by atoms with Crippen molar-refractivity contribution in [1.29, 1.82) is 0 Å². The lowest BCUT2D eigenvalue weighted by Crippen LogP contribution is -1.94. The monoisotopic (exact) mass is 593 g/mol. The van der Waals surface area contributed by atoms with Gasteiger partial charge in [-0.15, -0.1) is 0 Å². The molecule has 0 amide bonds. The summed E-state index contributed by atoms with van der Waals surface area (Å²) in [4.78, 5) is 16.8. The molecule has 0 atom stereocenters. The van der Waals surface area contributed by atoms with Gasteiger partial charge in [-0.25, -0.2) is 4.98 Å². The number of pyridine rings is 3. The maximum Gasteiger partial charge on any atom is 0.0990 e. The van der Waals surface area contributed by atoms with Crippen molar-refractivity contribution in [2.24, 2.45) is 0 Å². The van der Waals surface area contributed by atoms with E-state index >= 15 is 0 Å². The Bertz CT molecular complexity index is 1520. The fourth-order valence-corrected chi connectivity index (χ4v) is 4.52. The van der Waals surface area contributed by atoms with Gasteiger partial charge in [0.1, 0.15) is 0 Å². The maximum absolute atomic E-state index is 4.26. The van der Waals surface area contributed by atoms with Crippen LogP contribution in [0.25, 0.3) is 27.2 Å². The second-order valence-corrected chi connectivity index (χ2v) is 10.4. The molecular weight excluding hydrogens is 538 g/mol. The number of fused-ring (bicyclic) bond motifs is 3. The minimum absolute atomic E-state index is 0.500. The average Bonchev–Trinajstić information content (AvgIpc) is 3.57. The van der Waals surface area contributed by atoms with Gasteiger partial charge >= 0.3 is 0 Å². The van der Waals surface area contributed by atoms with E-state index in [9.17, 15) is 0 Å². The predicted molar refractivity (Wildman–Crippen MR) is 193 cm³/mol. The summed E-state index contributed by atoms with van der Waals surface area (Å²) >= 11 is 0. The molecule has 0 aliphatic heterocycles. The van der Waals surface area contributed by atoms with Crippen LogP contribution in [0.2, 0.25) is 0 Å². The molecule has 5 heteroatoms. The van der Waals surface area contributed by atoms with Crippen LogP contribution >= 0.6 is 0 Å². The van der Waals surface area contributed by atoms with E-state index in [4.69, 9.17) is 0 Å². The molecular formula is C39H55N5. The molecule has 5 heterocycles. The van der Waals surface area contributed by atoms with E-state index in [1.54, 1.807) is 12.4 Å². The van der Waals surface area contributed by atoms with Crippen LogP contribution in [0.4, 0.5) is 0 Å². The smallest absolute Gasteiger partial charge is 0.0990 e. The molecule has 0 aliphatic rings. The molecule has 0 saturated carbocycles. The van der Waals surface area contributed by atoms with Crippen LogP contribution in [-0.2, 0) is 0 Å². The third-order valence-electron chi connectivity index (χ3n) is 6.60. The summed E-state index contributed by atoms with van der Waals surface area (Å²) in [5, 5.41) is 3.77. The van der Waals surface area contributed by atoms with Gasteiger partial charge in [-0.3, -0.25) is 15.0 Å². The summed E-state index contributed by atoms with van der Waals surface area (Å²) in [6.45, 7) is 25.1. The topological polar surface area (TPSA) is 56.0 Å². The number of aromatic nitrogens is 5. The van der Waals surface area contributed by atoms with Gasteiger partial charge in [0.15, 0.2) is 0 Å². The van der Waals surface area contributed by atoms with Gasteiger partial charge in [0.2, 0.25) is 0 Å². The predicted octanol–water partition coefficient (Wildman–Crippen LogP) is 11.6. The van der Waals surface area contributed by atoms with Crippen molar-refractivity contribution in [2.75, 3.05) is 0 Å². The molecule has 5 nitrogen and oxygen atoms in total. The fraction of sp³-hybridized carbons (Fsp3) is 0.385. The average molecular weight is 594 g/mol. The SMILES string of the molecule is CC.CC.CC.CC(C)c1cncc2ccccc12.CC(C)c1cncc2ncccc12.CC(C)c1cncn2cccc12. The van der Waals surface area contributed by atoms with E-state index in [1.807, 2.05) is 97.1 Å². The zero-order valence-corrected chi connectivity index (χ0v) is 29.2. The highest BCUT2D eigenvalue weighted by Gasteiger charge is 2.06. The van der Waals surface area contributed by atoms with Crippen molar-refractivity contribution in [3.8, 4) is 0 Å². The Balaban J connectivity index is 0.000000304. The molecule has 0 saturated heterocycles. The number of hydrogen-bond donors (Lipinski definition) is 0. The van der Waals surface area contributed by atoms with E-state index in [0.717, 1.165) is 5.52 Å². The van der Waals surface area contributed by atoms with E-state index in [2.05, 4.69) is 96.2 Å². The van der Waals surface area contributed by atoms with Crippen LogP contribution < -0.4 is 0 Å². The van der Waals surface area contributed by atoms with Crippen LogP contribution in [0.3, 0.4) is 0 Å². The highest BCUT2D eigenvalue weighted by atomic mass is 14.9. The lowest BCUT2D eigenvalue weighted by molar-refractivity contribution is 0.853. The molecule has 44 heavy (non-hydrogen) atoms. The first-order chi connectivity index (χ1) is 21.4. The minimum Gasteiger partial charge on any atom is -0.308 e. The van der Waals surface area contributed by atoms with Crippen molar-refractivity contribution in [3.63, 3.8) is 0 Å². The Morgan fingerprint density at radius 1 is 0.523 bits per heavy atom. The Kier molecular flexibility index (Phi) is 17.9. The van der Waals surface area contributed by atoms with Gasteiger partial charge in [-0.2, -0.15) is 0 Å². The zero-order valence-electron chi connectivity index (χ0n) is 29.2. The number of nitrogens with zero attached hydrogens (tertiary/aromatic N) is 5. The van der Waals surface area contributed by atoms with Gasteiger partial charge in [0.25, 0.3) is 0 Å². The summed E-state index contributed by atoms with van der Waals surface area (Å²) in [7, 11) is 0. The summed E-state index contributed by atoms with van der Waals surface area (Å²) in [5.74, 6) is 1.58. The maximum atomic E-state index is 4.26. The quantitative estimate of drug-likeness (QED) is 0.205. The van der Waals surface area contributed by atoms with E-state index in [-0.39, 0.29) is 0 Å². The zero-order chi connectivity index (χ0) is 33.1. The summed E-state index contributed by atoms with van der Waals surface area (Å²) in [6.07, 6.45) is 15.2. The van der Waals surface area contributed by atoms with Crippen molar-refractivity contribution in [2.45, 2.75) is 101 Å². The molecule has 0 fully saturated rings. The van der Waals surface area contributed by atoms with E-state index < -0.39 is 0 Å². The molecule has 0 radical (unpaired) electrons. The van der Waals surface area contributed by atoms with Crippen LogP contribution in [0, 0.1) is 0 Å². The number of hydrogen-bond acceptors (Lipinski definition) is 4. The standard InChI is InChI=1S/C12H13N.C11H12N2.C10H12N2.3C2H6/c1-9(2)12-8-13-7-10-5-3-4-6-11(10)12;1-8(2)10-6-12-7-11-9(10)4-3-5-13-11;1-8(2)9-6-11-7-12-5-3-4-10(9)12;3*1-2/h3-9H,1-2H3;3-8H,1-2H3;3-8H,1-2H3;3*1-2H3. The van der Waals surface area contributed by atoms with Gasteiger partial charge in [0.05, 0.1) is 23.6 Å². The van der Waals surface area contributed by atoms with Crippen LogP contribution in [-0.4, -0.2) is 24.3 Å². The second kappa shape index (κ2) is 20.7. The molecule has 0 aliphatic carbocycles. The Morgan fingerprint density at radius 2 is 1.07 bits per heavy atom. The minimum atomic E-state index is 0.500. The third kappa shape index (κ3) is 10.6. The van der Waals surface area contributed by atoms with Crippen molar-refractivity contribution < 1.29 is 0 Å². The highest BCUT2D eigenvalue weighted by Crippen LogP contribution is 2.24. The summed E-state index contributed by atoms with van der Waals surface area (Å²) in [5.41, 5.74) is 6.15. The van der Waals surface area contributed by atoms with Crippen molar-refractivity contribution in [1.82, 2.24) is 24.3 Å². The Morgan fingerprint density at radius 3 is 1.70 bits per heavy atom. The highest BCUT2D eigenvalue weighted by molar-refractivity contribution is 5.85. The van der Waals surface area contributed by atoms with E-state index in [1.165, 1.54) is 38.4 Å².